The number of hydrogen-bond acceptors (Lipinski definition) is 2. The molecule has 1 N–H and O–H groups in total. The van der Waals surface area contributed by atoms with Crippen molar-refractivity contribution in [2.75, 3.05) is 19.7 Å². The first-order chi connectivity index (χ1) is 7.45. The van der Waals surface area contributed by atoms with E-state index >= 15 is 0 Å². The maximum absolute atomic E-state index is 5.71. The van der Waals surface area contributed by atoms with Crippen molar-refractivity contribution in [1.29, 1.82) is 0 Å². The first-order valence-electron chi connectivity index (χ1n) is 5.60. The third-order valence-electron chi connectivity index (χ3n) is 3.09. The van der Waals surface area contributed by atoms with Crippen molar-refractivity contribution in [3.8, 4) is 5.75 Å². The van der Waals surface area contributed by atoms with Gasteiger partial charge < -0.3 is 10.1 Å². The van der Waals surface area contributed by atoms with Crippen LogP contribution in [0.4, 0.5) is 0 Å². The van der Waals surface area contributed by atoms with Crippen LogP contribution in [0.1, 0.15) is 17.5 Å². The summed E-state index contributed by atoms with van der Waals surface area (Å²) in [6.45, 7) is 2.91. The van der Waals surface area contributed by atoms with Gasteiger partial charge in [-0.1, -0.05) is 24.3 Å². The molecule has 2 heterocycles. The van der Waals surface area contributed by atoms with Gasteiger partial charge in [0.1, 0.15) is 5.75 Å². The smallest absolute Gasteiger partial charge is 0.130 e. The molecule has 3 rings (SSSR count). The topological polar surface area (TPSA) is 21.3 Å². The van der Waals surface area contributed by atoms with Crippen molar-refractivity contribution in [3.63, 3.8) is 0 Å². The maximum Gasteiger partial charge on any atom is 0.130 e. The Morgan fingerprint density at radius 1 is 1.27 bits per heavy atom. The number of rotatable bonds is 1. The zero-order chi connectivity index (χ0) is 10.1. The van der Waals surface area contributed by atoms with Crippen LogP contribution < -0.4 is 10.1 Å². The molecule has 0 saturated carbocycles. The summed E-state index contributed by atoms with van der Waals surface area (Å²) in [6.07, 6.45) is 4.51. The van der Waals surface area contributed by atoms with E-state index in [0.717, 1.165) is 38.3 Å². The molecule has 0 fully saturated rings. The lowest BCUT2D eigenvalue weighted by Gasteiger charge is -2.16. The van der Waals surface area contributed by atoms with Crippen LogP contribution in [0, 0.1) is 0 Å². The minimum atomic E-state index is 0.840. The van der Waals surface area contributed by atoms with Gasteiger partial charge in [-0.2, -0.15) is 0 Å². The molecule has 0 spiro atoms. The van der Waals surface area contributed by atoms with E-state index in [1.54, 1.807) is 0 Å². The van der Waals surface area contributed by atoms with E-state index in [9.17, 15) is 0 Å². The fraction of sp³-hybridized carbons (Fsp3) is 0.385. The van der Waals surface area contributed by atoms with Gasteiger partial charge >= 0.3 is 0 Å². The molecule has 0 aromatic heterocycles. The highest BCUT2D eigenvalue weighted by Gasteiger charge is 2.18. The molecule has 2 aliphatic rings. The van der Waals surface area contributed by atoms with Gasteiger partial charge in [0.2, 0.25) is 0 Å². The molecule has 2 nitrogen and oxygen atoms in total. The summed E-state index contributed by atoms with van der Waals surface area (Å²) >= 11 is 0. The number of hydrogen-bond donors (Lipinski definition) is 1. The molecule has 0 atom stereocenters. The monoisotopic (exact) mass is 201 g/mol. The van der Waals surface area contributed by atoms with Crippen LogP contribution in [0.5, 0.6) is 5.75 Å². The van der Waals surface area contributed by atoms with Crippen LogP contribution in [0.3, 0.4) is 0 Å². The van der Waals surface area contributed by atoms with E-state index in [2.05, 4.69) is 29.6 Å². The largest absolute Gasteiger partial charge is 0.492 e. The zero-order valence-corrected chi connectivity index (χ0v) is 8.75. The van der Waals surface area contributed by atoms with E-state index in [-0.39, 0.29) is 0 Å². The van der Waals surface area contributed by atoms with Crippen LogP contribution in [0.25, 0.3) is 5.57 Å². The lowest BCUT2D eigenvalue weighted by Crippen LogP contribution is -2.21. The second-order valence-corrected chi connectivity index (χ2v) is 4.09. The maximum atomic E-state index is 5.71. The second kappa shape index (κ2) is 3.70. The molecule has 78 valence electrons. The first-order valence-corrected chi connectivity index (χ1v) is 5.60. The van der Waals surface area contributed by atoms with Gasteiger partial charge in [0.15, 0.2) is 0 Å². The highest BCUT2D eigenvalue weighted by atomic mass is 16.5. The molecule has 0 unspecified atom stereocenters. The highest BCUT2D eigenvalue weighted by Crippen LogP contribution is 2.34. The van der Waals surface area contributed by atoms with Gasteiger partial charge in [-0.3, -0.25) is 0 Å². The summed E-state index contributed by atoms with van der Waals surface area (Å²) in [5.41, 5.74) is 4.04. The van der Waals surface area contributed by atoms with Crippen LogP contribution in [0.2, 0.25) is 0 Å². The zero-order valence-electron chi connectivity index (χ0n) is 8.75. The van der Waals surface area contributed by atoms with Crippen LogP contribution in [-0.4, -0.2) is 19.7 Å². The van der Waals surface area contributed by atoms with Gasteiger partial charge in [-0.15, -0.1) is 0 Å². The van der Waals surface area contributed by atoms with E-state index < -0.39 is 0 Å². The normalized spacial score (nSPS) is 19.3. The predicted molar refractivity (Wildman–Crippen MR) is 61.1 cm³/mol. The summed E-state index contributed by atoms with van der Waals surface area (Å²) in [6, 6.07) is 6.48. The second-order valence-electron chi connectivity index (χ2n) is 4.09. The fourth-order valence-corrected chi connectivity index (χ4v) is 2.32. The average molecular weight is 201 g/mol. The number of benzene rings is 1. The molecule has 1 aromatic carbocycles. The Kier molecular flexibility index (Phi) is 2.22. The number of nitrogens with one attached hydrogen (secondary N) is 1. The van der Waals surface area contributed by atoms with Crippen LogP contribution >= 0.6 is 0 Å². The van der Waals surface area contributed by atoms with Crippen LogP contribution in [0.15, 0.2) is 24.3 Å². The third-order valence-corrected chi connectivity index (χ3v) is 3.09. The number of ether oxygens (including phenoxy) is 1. The molecule has 2 aliphatic heterocycles. The molecule has 0 radical (unpaired) electrons. The Morgan fingerprint density at radius 2 is 2.27 bits per heavy atom. The predicted octanol–water partition coefficient (Wildman–Crippen LogP) is 2.00. The molecule has 0 bridgehead atoms. The SMILES string of the molecule is C1=C(c2cccc3c2OCC3)CNCC1. The molecule has 0 aliphatic carbocycles. The molecule has 2 heteroatoms. The standard InChI is InChI=1S/C13H15NO/c1-3-10-6-8-15-13(10)12(5-1)11-4-2-7-14-9-11/h1,3-5,14H,2,6-9H2. The number of para-hydroxylation sites is 1. The van der Waals surface area contributed by atoms with E-state index in [4.69, 9.17) is 4.74 Å². The Labute approximate surface area is 89.9 Å². The molecular formula is C13H15NO. The van der Waals surface area contributed by atoms with Crippen molar-refractivity contribution in [2.24, 2.45) is 0 Å². The Hall–Kier alpha value is -1.28. The minimum Gasteiger partial charge on any atom is -0.492 e. The Balaban J connectivity index is 2.04. The molecule has 15 heavy (non-hydrogen) atoms. The van der Waals surface area contributed by atoms with E-state index in [0.29, 0.717) is 0 Å². The van der Waals surface area contributed by atoms with Gasteiger partial charge in [0.05, 0.1) is 6.61 Å². The van der Waals surface area contributed by atoms with Gasteiger partial charge in [-0.05, 0) is 24.1 Å². The van der Waals surface area contributed by atoms with Crippen molar-refractivity contribution in [1.82, 2.24) is 5.32 Å². The average Bonchev–Trinajstić information content (AvgIpc) is 2.78. The fourth-order valence-electron chi connectivity index (χ4n) is 2.32. The van der Waals surface area contributed by atoms with Crippen molar-refractivity contribution in [2.45, 2.75) is 12.8 Å². The molecule has 0 amide bonds. The Bertz CT molecular complexity index is 409. The minimum absolute atomic E-state index is 0.840. The van der Waals surface area contributed by atoms with Gasteiger partial charge in [0, 0.05) is 18.5 Å². The van der Waals surface area contributed by atoms with Gasteiger partial charge in [-0.25, -0.2) is 0 Å². The van der Waals surface area contributed by atoms with E-state index in [1.165, 1.54) is 16.7 Å². The van der Waals surface area contributed by atoms with Crippen molar-refractivity contribution in [3.05, 3.63) is 35.4 Å². The van der Waals surface area contributed by atoms with Crippen molar-refractivity contribution < 1.29 is 4.74 Å². The lowest BCUT2D eigenvalue weighted by atomic mass is 9.99. The van der Waals surface area contributed by atoms with Crippen molar-refractivity contribution >= 4 is 5.57 Å². The summed E-state index contributed by atoms with van der Waals surface area (Å²) < 4.78 is 5.71. The quantitative estimate of drug-likeness (QED) is 0.750. The molecule has 0 saturated heterocycles. The lowest BCUT2D eigenvalue weighted by molar-refractivity contribution is 0.356. The number of fused-ring (bicyclic) bond motifs is 1. The molecular weight excluding hydrogens is 186 g/mol. The van der Waals surface area contributed by atoms with Crippen LogP contribution in [-0.2, 0) is 6.42 Å². The van der Waals surface area contributed by atoms with Gasteiger partial charge in [0.25, 0.3) is 0 Å². The molecule has 1 aromatic rings. The Morgan fingerprint density at radius 3 is 3.13 bits per heavy atom. The third kappa shape index (κ3) is 1.55. The van der Waals surface area contributed by atoms with E-state index in [1.807, 2.05) is 0 Å². The highest BCUT2D eigenvalue weighted by molar-refractivity contribution is 5.74. The first kappa shape index (κ1) is 8.98. The summed E-state index contributed by atoms with van der Waals surface area (Å²) in [5.74, 6) is 1.12. The summed E-state index contributed by atoms with van der Waals surface area (Å²) in [4.78, 5) is 0. The summed E-state index contributed by atoms with van der Waals surface area (Å²) in [7, 11) is 0. The summed E-state index contributed by atoms with van der Waals surface area (Å²) in [5, 5.41) is 3.40.